The summed E-state index contributed by atoms with van der Waals surface area (Å²) in [6.45, 7) is 1.45. The van der Waals surface area contributed by atoms with E-state index in [2.05, 4.69) is 20.3 Å². The maximum atomic E-state index is 11.8. The van der Waals surface area contributed by atoms with Gasteiger partial charge in [-0.15, -0.1) is 0 Å². The topological polar surface area (TPSA) is 100 Å². The Hall–Kier alpha value is -2.48. The molecule has 1 aliphatic rings. The Morgan fingerprint density at radius 2 is 2.26 bits per heavy atom. The molecule has 8 heteroatoms. The molecule has 3 heterocycles. The highest BCUT2D eigenvalue weighted by Gasteiger charge is 2.23. The van der Waals surface area contributed by atoms with Crippen LogP contribution in [0.15, 0.2) is 23.1 Å². The number of piperidine rings is 1. The summed E-state index contributed by atoms with van der Waals surface area (Å²) in [5, 5.41) is 4.10. The molecule has 0 unspecified atom stereocenters. The van der Waals surface area contributed by atoms with Gasteiger partial charge < -0.3 is 15.0 Å². The minimum absolute atomic E-state index is 0.00915. The number of ether oxygens (including phenoxy) is 1. The van der Waals surface area contributed by atoms with Gasteiger partial charge in [0.25, 0.3) is 0 Å². The van der Waals surface area contributed by atoms with Gasteiger partial charge in [-0.1, -0.05) is 0 Å². The number of anilines is 1. The summed E-state index contributed by atoms with van der Waals surface area (Å²) in [6.07, 6.45) is 3.22. The number of nitrogens with zero attached hydrogens (tertiary/aromatic N) is 3. The summed E-state index contributed by atoms with van der Waals surface area (Å²) in [4.78, 5) is 36.0. The number of hydrogen-bond acceptors (Lipinski definition) is 6. The van der Waals surface area contributed by atoms with E-state index in [-0.39, 0.29) is 18.6 Å². The molecule has 0 spiro atoms. The van der Waals surface area contributed by atoms with Crippen LogP contribution in [0.1, 0.15) is 12.8 Å². The van der Waals surface area contributed by atoms with E-state index in [4.69, 9.17) is 4.74 Å². The molecular weight excluding hydrogens is 298 g/mol. The lowest BCUT2D eigenvalue weighted by Crippen LogP contribution is -2.43. The molecule has 122 valence electrons. The highest BCUT2D eigenvalue weighted by Crippen LogP contribution is 2.20. The minimum atomic E-state index is -0.425. The number of aromatic amines is 1. The molecule has 0 saturated carbocycles. The Morgan fingerprint density at radius 1 is 1.48 bits per heavy atom. The Morgan fingerprint density at radius 3 is 3.00 bits per heavy atom. The molecule has 1 saturated heterocycles. The number of carbonyl (C=O) groups is 1. The zero-order chi connectivity index (χ0) is 16.2. The molecule has 0 aromatic carbocycles. The van der Waals surface area contributed by atoms with Crippen molar-refractivity contribution in [2.24, 2.45) is 0 Å². The Labute approximate surface area is 132 Å². The van der Waals surface area contributed by atoms with E-state index in [1.54, 1.807) is 17.2 Å². The van der Waals surface area contributed by atoms with E-state index < -0.39 is 5.69 Å². The summed E-state index contributed by atoms with van der Waals surface area (Å²) < 4.78 is 4.88. The SMILES string of the molecule is COCC(=O)N1CCC(Nc2nc(=O)[nH]c3ncccc23)CC1. The van der Waals surface area contributed by atoms with Gasteiger partial charge in [0.2, 0.25) is 5.91 Å². The summed E-state index contributed by atoms with van der Waals surface area (Å²) in [7, 11) is 1.52. The van der Waals surface area contributed by atoms with Crippen molar-refractivity contribution >= 4 is 22.8 Å². The minimum Gasteiger partial charge on any atom is -0.375 e. The first-order valence-electron chi connectivity index (χ1n) is 7.55. The maximum absolute atomic E-state index is 11.8. The number of carbonyl (C=O) groups excluding carboxylic acids is 1. The number of H-pyrrole nitrogens is 1. The quantitative estimate of drug-likeness (QED) is 0.845. The first-order valence-corrected chi connectivity index (χ1v) is 7.55. The lowest BCUT2D eigenvalue weighted by atomic mass is 10.0. The molecule has 2 aromatic rings. The molecular formula is C15H19N5O3. The number of amides is 1. The standard InChI is InChI=1S/C15H19N5O3/c1-23-9-12(21)20-7-4-10(5-8-20)17-14-11-3-2-6-16-13(11)18-15(22)19-14/h2-3,6,10H,4-5,7-9H2,1H3,(H2,16,17,18,19,22). The third-order valence-electron chi connectivity index (χ3n) is 3.96. The molecule has 3 rings (SSSR count). The molecule has 0 atom stereocenters. The van der Waals surface area contributed by atoms with Crippen molar-refractivity contribution in [3.63, 3.8) is 0 Å². The van der Waals surface area contributed by atoms with Gasteiger partial charge in [0.15, 0.2) is 0 Å². The summed E-state index contributed by atoms with van der Waals surface area (Å²) in [5.74, 6) is 0.549. The van der Waals surface area contributed by atoms with Crippen molar-refractivity contribution in [1.82, 2.24) is 19.9 Å². The number of rotatable bonds is 4. The van der Waals surface area contributed by atoms with Crippen LogP contribution in [-0.4, -0.2) is 58.6 Å². The Kier molecular flexibility index (Phi) is 4.52. The van der Waals surface area contributed by atoms with E-state index in [9.17, 15) is 9.59 Å². The van der Waals surface area contributed by atoms with E-state index in [0.29, 0.717) is 24.6 Å². The third kappa shape index (κ3) is 3.48. The van der Waals surface area contributed by atoms with Gasteiger partial charge in [-0.3, -0.25) is 9.78 Å². The molecule has 0 aliphatic carbocycles. The summed E-state index contributed by atoms with van der Waals surface area (Å²) in [6, 6.07) is 3.84. The van der Waals surface area contributed by atoms with E-state index >= 15 is 0 Å². The second kappa shape index (κ2) is 6.74. The van der Waals surface area contributed by atoms with Crippen molar-refractivity contribution in [2.45, 2.75) is 18.9 Å². The maximum Gasteiger partial charge on any atom is 0.348 e. The molecule has 0 bridgehead atoms. The lowest BCUT2D eigenvalue weighted by Gasteiger charge is -2.32. The van der Waals surface area contributed by atoms with E-state index in [1.807, 2.05) is 6.07 Å². The fourth-order valence-electron chi connectivity index (χ4n) is 2.78. The van der Waals surface area contributed by atoms with Gasteiger partial charge >= 0.3 is 5.69 Å². The number of hydrogen-bond donors (Lipinski definition) is 2. The van der Waals surface area contributed by atoms with Crippen LogP contribution in [0.5, 0.6) is 0 Å². The average molecular weight is 317 g/mol. The third-order valence-corrected chi connectivity index (χ3v) is 3.96. The first-order chi connectivity index (χ1) is 11.2. The van der Waals surface area contributed by atoms with Crippen molar-refractivity contribution in [1.29, 1.82) is 0 Å². The fraction of sp³-hybridized carbons (Fsp3) is 0.467. The van der Waals surface area contributed by atoms with Crippen molar-refractivity contribution in [3.8, 4) is 0 Å². The molecule has 1 amide bonds. The van der Waals surface area contributed by atoms with Crippen LogP contribution in [0, 0.1) is 0 Å². The molecule has 1 fully saturated rings. The molecule has 23 heavy (non-hydrogen) atoms. The highest BCUT2D eigenvalue weighted by molar-refractivity contribution is 5.86. The number of nitrogens with one attached hydrogen (secondary N) is 2. The van der Waals surface area contributed by atoms with Gasteiger partial charge in [0.05, 0.1) is 5.39 Å². The predicted molar refractivity (Wildman–Crippen MR) is 85.3 cm³/mol. The van der Waals surface area contributed by atoms with Crippen LogP contribution >= 0.6 is 0 Å². The second-order valence-electron chi connectivity index (χ2n) is 5.52. The largest absolute Gasteiger partial charge is 0.375 e. The zero-order valence-corrected chi connectivity index (χ0v) is 12.9. The van der Waals surface area contributed by atoms with Gasteiger partial charge in [-0.2, -0.15) is 4.98 Å². The van der Waals surface area contributed by atoms with Gasteiger partial charge in [-0.25, -0.2) is 9.78 Å². The monoisotopic (exact) mass is 317 g/mol. The van der Waals surface area contributed by atoms with Crippen molar-refractivity contribution < 1.29 is 9.53 Å². The highest BCUT2D eigenvalue weighted by atomic mass is 16.5. The Bertz CT molecular complexity index is 752. The predicted octanol–water partition coefficient (Wildman–Crippen LogP) is 0.367. The molecule has 2 aromatic heterocycles. The molecule has 2 N–H and O–H groups in total. The first kappa shape index (κ1) is 15.4. The van der Waals surface area contributed by atoms with Crippen LogP contribution in [0.3, 0.4) is 0 Å². The normalized spacial score (nSPS) is 15.8. The summed E-state index contributed by atoms with van der Waals surface area (Å²) >= 11 is 0. The summed E-state index contributed by atoms with van der Waals surface area (Å²) in [5.41, 5.74) is 0.0918. The lowest BCUT2D eigenvalue weighted by molar-refractivity contribution is -0.136. The van der Waals surface area contributed by atoms with Gasteiger partial charge in [-0.05, 0) is 25.0 Å². The van der Waals surface area contributed by atoms with E-state index in [1.165, 1.54) is 7.11 Å². The second-order valence-corrected chi connectivity index (χ2v) is 5.52. The molecule has 0 radical (unpaired) electrons. The van der Waals surface area contributed by atoms with Crippen LogP contribution in [0.2, 0.25) is 0 Å². The van der Waals surface area contributed by atoms with E-state index in [0.717, 1.165) is 18.2 Å². The fourth-order valence-corrected chi connectivity index (χ4v) is 2.78. The van der Waals surface area contributed by atoms with Crippen molar-refractivity contribution in [3.05, 3.63) is 28.8 Å². The number of pyridine rings is 1. The number of aromatic nitrogens is 3. The zero-order valence-electron chi connectivity index (χ0n) is 12.9. The number of methoxy groups -OCH3 is 1. The van der Waals surface area contributed by atoms with Crippen LogP contribution < -0.4 is 11.0 Å². The molecule has 1 aliphatic heterocycles. The van der Waals surface area contributed by atoms with Gasteiger partial charge in [0, 0.05) is 32.4 Å². The van der Waals surface area contributed by atoms with Crippen LogP contribution in [0.4, 0.5) is 5.82 Å². The van der Waals surface area contributed by atoms with Crippen LogP contribution in [-0.2, 0) is 9.53 Å². The molecule has 8 nitrogen and oxygen atoms in total. The van der Waals surface area contributed by atoms with Crippen molar-refractivity contribution in [2.75, 3.05) is 32.1 Å². The Balaban J connectivity index is 1.70. The number of fused-ring (bicyclic) bond motifs is 1. The smallest absolute Gasteiger partial charge is 0.348 e. The average Bonchev–Trinajstić information content (AvgIpc) is 2.55. The number of likely N-dealkylation sites (tertiary alicyclic amines) is 1. The van der Waals surface area contributed by atoms with Gasteiger partial charge in [0.1, 0.15) is 18.1 Å². The van der Waals surface area contributed by atoms with Crippen LogP contribution in [0.25, 0.3) is 11.0 Å².